The molecule has 0 radical (unpaired) electrons. The maximum absolute atomic E-state index is 6.06. The van der Waals surface area contributed by atoms with Crippen LogP contribution in [0.15, 0.2) is 22.7 Å². The molecule has 0 aromatic heterocycles. The van der Waals surface area contributed by atoms with Crippen molar-refractivity contribution < 1.29 is 4.74 Å². The molecule has 0 spiro atoms. The van der Waals surface area contributed by atoms with Gasteiger partial charge in [0.1, 0.15) is 5.75 Å². The van der Waals surface area contributed by atoms with Crippen LogP contribution in [0.25, 0.3) is 0 Å². The third kappa shape index (κ3) is 4.16. The summed E-state index contributed by atoms with van der Waals surface area (Å²) in [7, 11) is 0. The summed E-state index contributed by atoms with van der Waals surface area (Å²) in [6, 6.07) is 6.21. The van der Waals surface area contributed by atoms with Gasteiger partial charge in [0, 0.05) is 9.89 Å². The van der Waals surface area contributed by atoms with E-state index in [0.29, 0.717) is 0 Å². The van der Waals surface area contributed by atoms with Gasteiger partial charge < -0.3 is 4.74 Å². The minimum atomic E-state index is 0.278. The smallest absolute Gasteiger partial charge is 0.119 e. The standard InChI is InChI=1S/C16H23BrOS/c1-13-10-14(6-7-15(13)17)18-11-16(12-19)8-4-2-3-5-9-16/h6-7,10,19H,2-5,8-9,11-12H2,1H3. The van der Waals surface area contributed by atoms with Crippen LogP contribution in [0, 0.1) is 12.3 Å². The fourth-order valence-electron chi connectivity index (χ4n) is 2.77. The zero-order valence-electron chi connectivity index (χ0n) is 11.6. The summed E-state index contributed by atoms with van der Waals surface area (Å²) in [5.74, 6) is 1.91. The highest BCUT2D eigenvalue weighted by atomic mass is 79.9. The Morgan fingerprint density at radius 2 is 1.89 bits per heavy atom. The summed E-state index contributed by atoms with van der Waals surface area (Å²) in [4.78, 5) is 0. The Bertz CT molecular complexity index is 411. The maximum atomic E-state index is 6.06. The van der Waals surface area contributed by atoms with Gasteiger partial charge in [-0.2, -0.15) is 12.6 Å². The SMILES string of the molecule is Cc1cc(OCC2(CS)CCCCCC2)ccc1Br. The molecule has 0 unspecified atom stereocenters. The molecule has 1 saturated carbocycles. The molecule has 2 rings (SSSR count). The summed E-state index contributed by atoms with van der Waals surface area (Å²) < 4.78 is 7.20. The third-order valence-corrected chi connectivity index (χ3v) is 5.73. The van der Waals surface area contributed by atoms with Crippen LogP contribution in [0.2, 0.25) is 0 Å². The molecule has 0 saturated heterocycles. The highest BCUT2D eigenvalue weighted by Gasteiger charge is 2.30. The van der Waals surface area contributed by atoms with Crippen molar-refractivity contribution in [2.45, 2.75) is 45.4 Å². The number of hydrogen-bond acceptors (Lipinski definition) is 2. The van der Waals surface area contributed by atoms with Crippen LogP contribution in [-0.2, 0) is 0 Å². The van der Waals surface area contributed by atoms with Crippen molar-refractivity contribution in [1.82, 2.24) is 0 Å². The van der Waals surface area contributed by atoms with E-state index in [4.69, 9.17) is 4.74 Å². The first kappa shape index (κ1) is 15.2. The Morgan fingerprint density at radius 1 is 1.21 bits per heavy atom. The summed E-state index contributed by atoms with van der Waals surface area (Å²) in [6.07, 6.45) is 7.89. The van der Waals surface area contributed by atoms with Crippen molar-refractivity contribution in [3.63, 3.8) is 0 Å². The van der Waals surface area contributed by atoms with Crippen LogP contribution in [0.5, 0.6) is 5.75 Å². The van der Waals surface area contributed by atoms with Gasteiger partial charge in [0.2, 0.25) is 0 Å². The van der Waals surface area contributed by atoms with E-state index in [0.717, 1.165) is 22.6 Å². The first-order valence-electron chi connectivity index (χ1n) is 7.15. The lowest BCUT2D eigenvalue weighted by molar-refractivity contribution is 0.148. The van der Waals surface area contributed by atoms with Crippen LogP contribution in [-0.4, -0.2) is 12.4 Å². The Kier molecular flexibility index (Phi) is 5.64. The zero-order valence-corrected chi connectivity index (χ0v) is 14.1. The van der Waals surface area contributed by atoms with Crippen molar-refractivity contribution in [3.05, 3.63) is 28.2 Å². The topological polar surface area (TPSA) is 9.23 Å². The third-order valence-electron chi connectivity index (χ3n) is 4.17. The minimum absolute atomic E-state index is 0.278. The van der Waals surface area contributed by atoms with Crippen molar-refractivity contribution in [2.24, 2.45) is 5.41 Å². The van der Waals surface area contributed by atoms with Crippen LogP contribution in [0.3, 0.4) is 0 Å². The molecule has 106 valence electrons. The predicted molar refractivity (Wildman–Crippen MR) is 88.4 cm³/mol. The quantitative estimate of drug-likeness (QED) is 0.568. The summed E-state index contributed by atoms with van der Waals surface area (Å²) in [5, 5.41) is 0. The van der Waals surface area contributed by atoms with Gasteiger partial charge >= 0.3 is 0 Å². The second kappa shape index (κ2) is 7.03. The fourth-order valence-corrected chi connectivity index (χ4v) is 3.42. The number of ether oxygens (including phenoxy) is 1. The Hall–Kier alpha value is -0.150. The van der Waals surface area contributed by atoms with E-state index in [-0.39, 0.29) is 5.41 Å². The lowest BCUT2D eigenvalue weighted by Gasteiger charge is -2.31. The Morgan fingerprint density at radius 3 is 2.47 bits per heavy atom. The number of hydrogen-bond donors (Lipinski definition) is 1. The number of benzene rings is 1. The summed E-state index contributed by atoms with van der Waals surface area (Å²) in [6.45, 7) is 2.90. The molecule has 0 N–H and O–H groups in total. The minimum Gasteiger partial charge on any atom is -0.493 e. The van der Waals surface area contributed by atoms with Gasteiger partial charge in [-0.05, 0) is 49.3 Å². The van der Waals surface area contributed by atoms with Gasteiger partial charge in [-0.15, -0.1) is 0 Å². The predicted octanol–water partition coefficient (Wildman–Crippen LogP) is 5.41. The molecule has 0 atom stereocenters. The van der Waals surface area contributed by atoms with Gasteiger partial charge in [0.05, 0.1) is 6.61 Å². The maximum Gasteiger partial charge on any atom is 0.119 e. The molecule has 1 aromatic carbocycles. The highest BCUT2D eigenvalue weighted by Crippen LogP contribution is 2.36. The lowest BCUT2D eigenvalue weighted by Crippen LogP contribution is -2.30. The van der Waals surface area contributed by atoms with Crippen LogP contribution in [0.4, 0.5) is 0 Å². The molecule has 19 heavy (non-hydrogen) atoms. The van der Waals surface area contributed by atoms with Crippen LogP contribution >= 0.6 is 28.6 Å². The van der Waals surface area contributed by atoms with E-state index in [1.807, 2.05) is 6.07 Å². The van der Waals surface area contributed by atoms with E-state index in [1.54, 1.807) is 0 Å². The molecule has 0 amide bonds. The first-order valence-corrected chi connectivity index (χ1v) is 8.58. The van der Waals surface area contributed by atoms with Crippen LogP contribution < -0.4 is 4.74 Å². The Balaban J connectivity index is 2.00. The monoisotopic (exact) mass is 342 g/mol. The van der Waals surface area contributed by atoms with Crippen molar-refractivity contribution >= 4 is 28.6 Å². The van der Waals surface area contributed by atoms with Crippen molar-refractivity contribution in [1.29, 1.82) is 0 Å². The van der Waals surface area contributed by atoms with Gasteiger partial charge in [0.25, 0.3) is 0 Å². The lowest BCUT2D eigenvalue weighted by atomic mass is 9.83. The molecule has 0 aliphatic heterocycles. The van der Waals surface area contributed by atoms with E-state index < -0.39 is 0 Å². The molecular formula is C16H23BrOS. The summed E-state index contributed by atoms with van der Waals surface area (Å²) >= 11 is 8.12. The largest absolute Gasteiger partial charge is 0.493 e. The molecule has 1 aliphatic carbocycles. The highest BCUT2D eigenvalue weighted by molar-refractivity contribution is 9.10. The van der Waals surface area contributed by atoms with E-state index in [9.17, 15) is 0 Å². The van der Waals surface area contributed by atoms with Gasteiger partial charge in [-0.25, -0.2) is 0 Å². The molecule has 1 aliphatic rings. The zero-order chi connectivity index (χ0) is 13.7. The number of rotatable bonds is 4. The van der Waals surface area contributed by atoms with Gasteiger partial charge in [0.15, 0.2) is 0 Å². The van der Waals surface area contributed by atoms with E-state index in [2.05, 4.69) is 47.6 Å². The van der Waals surface area contributed by atoms with Crippen LogP contribution in [0.1, 0.15) is 44.1 Å². The van der Waals surface area contributed by atoms with E-state index >= 15 is 0 Å². The molecule has 0 heterocycles. The average Bonchev–Trinajstić information content (AvgIpc) is 2.66. The van der Waals surface area contributed by atoms with Gasteiger partial charge in [-0.3, -0.25) is 0 Å². The van der Waals surface area contributed by atoms with E-state index in [1.165, 1.54) is 44.1 Å². The second-order valence-electron chi connectivity index (χ2n) is 5.77. The summed E-state index contributed by atoms with van der Waals surface area (Å²) in [5.41, 5.74) is 1.50. The fraction of sp³-hybridized carbons (Fsp3) is 0.625. The molecule has 1 fully saturated rings. The van der Waals surface area contributed by atoms with Crippen molar-refractivity contribution in [3.8, 4) is 5.75 Å². The van der Waals surface area contributed by atoms with Crippen molar-refractivity contribution in [2.75, 3.05) is 12.4 Å². The molecular weight excluding hydrogens is 320 g/mol. The molecule has 1 nitrogen and oxygen atoms in total. The molecule has 1 aromatic rings. The molecule has 3 heteroatoms. The average molecular weight is 343 g/mol. The molecule has 0 bridgehead atoms. The number of aryl methyl sites for hydroxylation is 1. The second-order valence-corrected chi connectivity index (χ2v) is 6.94. The number of halogens is 1. The number of thiol groups is 1. The normalized spacial score (nSPS) is 18.9. The Labute approximate surface area is 130 Å². The van der Waals surface area contributed by atoms with Gasteiger partial charge in [-0.1, -0.05) is 41.6 Å². The first-order chi connectivity index (χ1) is 9.15.